The van der Waals surface area contributed by atoms with Crippen molar-refractivity contribution >= 4 is 11.6 Å². The molecule has 0 radical (unpaired) electrons. The first-order valence-corrected chi connectivity index (χ1v) is 12.7. The normalized spacial score (nSPS) is 27.2. The SMILES string of the molecule is Cc1cccc2c1COC2COc1ccc(Cc2cc([C@@H]3O[C@H](CO)[C@@H](O)[C@H](O)[C@H]3O)ccc2Cl)cc1. The molecule has 7 nitrogen and oxygen atoms in total. The molecule has 4 N–H and O–H groups in total. The molecule has 0 bridgehead atoms. The summed E-state index contributed by atoms with van der Waals surface area (Å²) in [6.45, 7) is 2.66. The molecule has 0 spiro atoms. The van der Waals surface area contributed by atoms with E-state index in [2.05, 4.69) is 19.1 Å². The van der Waals surface area contributed by atoms with Gasteiger partial charge in [0.2, 0.25) is 0 Å². The van der Waals surface area contributed by atoms with E-state index >= 15 is 0 Å². The Bertz CT molecular complexity index is 1230. The zero-order chi connectivity index (χ0) is 26.1. The fourth-order valence-corrected chi connectivity index (χ4v) is 5.20. The Kier molecular flexibility index (Phi) is 7.83. The van der Waals surface area contributed by atoms with Crippen LogP contribution in [0.4, 0.5) is 0 Å². The standard InChI is InChI=1S/C29H31ClO7/c1-16-3-2-4-21-22(16)14-36-25(21)15-35-20-8-5-17(6-9-20)11-19-12-18(7-10-23(19)30)29-28(34)27(33)26(32)24(13-31)37-29/h2-10,12,24-29,31-34H,11,13-15H2,1H3/t24-,25?,26-,27+,28-,29+/m1/s1. The number of aliphatic hydroxyl groups excluding tert-OH is 4. The fourth-order valence-electron chi connectivity index (χ4n) is 5.01. The van der Waals surface area contributed by atoms with Crippen LogP contribution in [0.5, 0.6) is 5.75 Å². The van der Waals surface area contributed by atoms with Crippen LogP contribution in [0.25, 0.3) is 0 Å². The highest BCUT2D eigenvalue weighted by Gasteiger charge is 2.44. The van der Waals surface area contributed by atoms with Gasteiger partial charge in [-0.25, -0.2) is 0 Å². The number of hydrogen-bond acceptors (Lipinski definition) is 7. The van der Waals surface area contributed by atoms with Gasteiger partial charge in [-0.05, 0) is 64.9 Å². The predicted octanol–water partition coefficient (Wildman–Crippen LogP) is 3.40. The molecule has 37 heavy (non-hydrogen) atoms. The van der Waals surface area contributed by atoms with Crippen LogP contribution in [0, 0.1) is 6.92 Å². The van der Waals surface area contributed by atoms with E-state index in [0.29, 0.717) is 30.2 Å². The molecule has 1 unspecified atom stereocenters. The van der Waals surface area contributed by atoms with E-state index in [9.17, 15) is 20.4 Å². The first-order valence-electron chi connectivity index (χ1n) is 12.4. The Morgan fingerprint density at radius 3 is 2.51 bits per heavy atom. The second kappa shape index (κ2) is 11.1. The Morgan fingerprint density at radius 2 is 1.76 bits per heavy atom. The molecule has 0 saturated carbocycles. The minimum absolute atomic E-state index is 0.0847. The van der Waals surface area contributed by atoms with Crippen LogP contribution in [0.3, 0.4) is 0 Å². The van der Waals surface area contributed by atoms with Gasteiger partial charge in [0.05, 0.1) is 13.2 Å². The van der Waals surface area contributed by atoms with Gasteiger partial charge < -0.3 is 34.6 Å². The molecule has 196 valence electrons. The van der Waals surface area contributed by atoms with E-state index in [4.69, 9.17) is 25.8 Å². The molecule has 3 aromatic carbocycles. The van der Waals surface area contributed by atoms with Crippen molar-refractivity contribution in [2.75, 3.05) is 13.2 Å². The summed E-state index contributed by atoms with van der Waals surface area (Å²) < 4.78 is 17.6. The lowest BCUT2D eigenvalue weighted by Gasteiger charge is -2.40. The first kappa shape index (κ1) is 26.1. The highest BCUT2D eigenvalue weighted by atomic mass is 35.5. The van der Waals surface area contributed by atoms with Crippen LogP contribution in [-0.2, 0) is 22.5 Å². The molecule has 8 heteroatoms. The molecule has 0 aliphatic carbocycles. The summed E-state index contributed by atoms with van der Waals surface area (Å²) in [6, 6.07) is 19.2. The Hall–Kier alpha value is -2.49. The molecule has 5 rings (SSSR count). The van der Waals surface area contributed by atoms with E-state index in [1.165, 1.54) is 16.7 Å². The highest BCUT2D eigenvalue weighted by molar-refractivity contribution is 6.31. The lowest BCUT2D eigenvalue weighted by atomic mass is 9.90. The van der Waals surface area contributed by atoms with Gasteiger partial charge >= 0.3 is 0 Å². The molecule has 2 aliphatic heterocycles. The van der Waals surface area contributed by atoms with Gasteiger partial charge in [0.1, 0.15) is 49.0 Å². The highest BCUT2D eigenvalue weighted by Crippen LogP contribution is 2.35. The van der Waals surface area contributed by atoms with Gasteiger partial charge in [0, 0.05) is 5.02 Å². The van der Waals surface area contributed by atoms with Gasteiger partial charge in [0.15, 0.2) is 0 Å². The Morgan fingerprint density at radius 1 is 0.973 bits per heavy atom. The smallest absolute Gasteiger partial charge is 0.119 e. The van der Waals surface area contributed by atoms with Crippen molar-refractivity contribution in [1.29, 1.82) is 0 Å². The number of aryl methyl sites for hydroxylation is 1. The van der Waals surface area contributed by atoms with Crippen LogP contribution >= 0.6 is 11.6 Å². The lowest BCUT2D eigenvalue weighted by Crippen LogP contribution is -2.55. The second-order valence-corrected chi connectivity index (χ2v) is 10.1. The molecular formula is C29H31ClO7. The third-order valence-corrected chi connectivity index (χ3v) is 7.60. The lowest BCUT2D eigenvalue weighted by molar-refractivity contribution is -0.231. The van der Waals surface area contributed by atoms with Crippen LogP contribution in [-0.4, -0.2) is 58.1 Å². The van der Waals surface area contributed by atoms with E-state index in [1.54, 1.807) is 12.1 Å². The number of hydrogen-bond donors (Lipinski definition) is 4. The van der Waals surface area contributed by atoms with E-state index in [0.717, 1.165) is 16.9 Å². The van der Waals surface area contributed by atoms with Gasteiger partial charge in [-0.1, -0.05) is 54.1 Å². The maximum Gasteiger partial charge on any atom is 0.119 e. The minimum atomic E-state index is -1.44. The largest absolute Gasteiger partial charge is 0.491 e. The van der Waals surface area contributed by atoms with E-state index in [-0.39, 0.29) is 6.10 Å². The molecular weight excluding hydrogens is 496 g/mol. The number of rotatable bonds is 7. The zero-order valence-electron chi connectivity index (χ0n) is 20.5. The van der Waals surface area contributed by atoms with Crippen LogP contribution in [0.1, 0.15) is 45.6 Å². The van der Waals surface area contributed by atoms with Crippen molar-refractivity contribution in [3.05, 3.63) is 99.1 Å². The first-order chi connectivity index (χ1) is 17.9. The fraction of sp³-hybridized carbons (Fsp3) is 0.379. The average Bonchev–Trinajstić information content (AvgIpc) is 3.33. The van der Waals surface area contributed by atoms with Crippen LogP contribution in [0.2, 0.25) is 5.02 Å². The van der Waals surface area contributed by atoms with Crippen LogP contribution < -0.4 is 4.74 Å². The quantitative estimate of drug-likeness (QED) is 0.373. The molecule has 2 aliphatic rings. The summed E-state index contributed by atoms with van der Waals surface area (Å²) >= 11 is 6.46. The summed E-state index contributed by atoms with van der Waals surface area (Å²) in [5.41, 5.74) is 6.09. The monoisotopic (exact) mass is 526 g/mol. The van der Waals surface area contributed by atoms with Crippen molar-refractivity contribution in [1.82, 2.24) is 0 Å². The number of ether oxygens (including phenoxy) is 3. The van der Waals surface area contributed by atoms with Crippen molar-refractivity contribution in [3.8, 4) is 5.75 Å². The van der Waals surface area contributed by atoms with Crippen molar-refractivity contribution in [2.45, 2.75) is 56.6 Å². The molecule has 6 atom stereocenters. The summed E-state index contributed by atoms with van der Waals surface area (Å²) in [4.78, 5) is 0. The molecule has 1 fully saturated rings. The third kappa shape index (κ3) is 5.40. The summed E-state index contributed by atoms with van der Waals surface area (Å²) in [6.07, 6.45) is -5.61. The summed E-state index contributed by atoms with van der Waals surface area (Å²) in [7, 11) is 0. The molecule has 2 heterocycles. The molecule has 1 saturated heterocycles. The summed E-state index contributed by atoms with van der Waals surface area (Å²) in [5.74, 6) is 0.745. The number of benzene rings is 3. The number of aliphatic hydroxyl groups is 4. The predicted molar refractivity (Wildman–Crippen MR) is 138 cm³/mol. The maximum atomic E-state index is 10.5. The Balaban J connectivity index is 1.25. The number of fused-ring (bicyclic) bond motifs is 1. The average molecular weight is 527 g/mol. The minimum Gasteiger partial charge on any atom is -0.491 e. The zero-order valence-corrected chi connectivity index (χ0v) is 21.2. The molecule has 0 amide bonds. The summed E-state index contributed by atoms with van der Waals surface area (Å²) in [5, 5.41) is 40.7. The van der Waals surface area contributed by atoms with Gasteiger partial charge in [-0.3, -0.25) is 0 Å². The van der Waals surface area contributed by atoms with Gasteiger partial charge in [0.25, 0.3) is 0 Å². The molecule has 3 aromatic rings. The number of halogens is 1. The molecule has 0 aromatic heterocycles. The van der Waals surface area contributed by atoms with Crippen molar-refractivity contribution in [3.63, 3.8) is 0 Å². The van der Waals surface area contributed by atoms with E-state index < -0.39 is 37.1 Å². The van der Waals surface area contributed by atoms with Crippen LogP contribution in [0.15, 0.2) is 60.7 Å². The van der Waals surface area contributed by atoms with Crippen molar-refractivity contribution < 1.29 is 34.6 Å². The van der Waals surface area contributed by atoms with Gasteiger partial charge in [-0.2, -0.15) is 0 Å². The third-order valence-electron chi connectivity index (χ3n) is 7.23. The second-order valence-electron chi connectivity index (χ2n) is 9.67. The Labute approximate surface area is 220 Å². The topological polar surface area (TPSA) is 109 Å². The van der Waals surface area contributed by atoms with Gasteiger partial charge in [-0.15, -0.1) is 0 Å². The van der Waals surface area contributed by atoms with E-state index in [1.807, 2.05) is 36.4 Å². The maximum absolute atomic E-state index is 10.5. The van der Waals surface area contributed by atoms with Crippen molar-refractivity contribution in [2.24, 2.45) is 0 Å².